The van der Waals surface area contributed by atoms with E-state index in [0.717, 1.165) is 19.3 Å². The van der Waals surface area contributed by atoms with Crippen LogP contribution in [0.4, 0.5) is 0 Å². The maximum Gasteiger partial charge on any atom is 0.248 e. The lowest BCUT2D eigenvalue weighted by Crippen LogP contribution is -2.55. The Bertz CT molecular complexity index is 650. The molecule has 2 aliphatic carbocycles. The van der Waals surface area contributed by atoms with Gasteiger partial charge in [-0.25, -0.2) is 0 Å². The Morgan fingerprint density at radius 1 is 1.46 bits per heavy atom. The molecule has 132 valence electrons. The number of aliphatic hydroxyl groups is 1. The first-order valence-electron chi connectivity index (χ1n) is 9.01. The van der Waals surface area contributed by atoms with Crippen molar-refractivity contribution in [3.8, 4) is 0 Å². The summed E-state index contributed by atoms with van der Waals surface area (Å²) in [6, 6.07) is 6.40. The molecule has 1 fully saturated rings. The molecule has 2 aliphatic rings. The van der Waals surface area contributed by atoms with E-state index in [1.807, 2.05) is 26.0 Å². The van der Waals surface area contributed by atoms with Gasteiger partial charge in [-0.1, -0.05) is 19.9 Å². The van der Waals surface area contributed by atoms with Crippen LogP contribution in [0.25, 0.3) is 0 Å². The van der Waals surface area contributed by atoms with Crippen LogP contribution in [0.5, 0.6) is 0 Å². The fraction of sp³-hybridized carbons (Fsp3) is 0.650. The van der Waals surface area contributed by atoms with Crippen LogP contribution < -0.4 is 11.1 Å². The third-order valence-corrected chi connectivity index (χ3v) is 6.40. The predicted octanol–water partition coefficient (Wildman–Crippen LogP) is 2.37. The highest BCUT2D eigenvalue weighted by molar-refractivity contribution is 5.93. The molecular weight excluding hydrogens is 300 g/mol. The number of carbonyl (C=O) groups excluding carboxylic acids is 1. The minimum absolute atomic E-state index is 0.0939. The second-order valence-corrected chi connectivity index (χ2v) is 8.65. The van der Waals surface area contributed by atoms with Crippen LogP contribution in [0.3, 0.4) is 0 Å². The standard InChI is InChI=1S/C20H30N2O2/c1-12-15-9-13-5-6-14(18(21)23)10-16(13)20(12,4)8-7-17(15)22-11-19(2,3)24/h5-6,10,12,15,17,22,24H,7-9,11H2,1-4H3,(H2,21,23)/t12-,15+,17?,20+/m0/s1. The summed E-state index contributed by atoms with van der Waals surface area (Å²) in [5.41, 5.74) is 8.16. The molecule has 0 heterocycles. The summed E-state index contributed by atoms with van der Waals surface area (Å²) >= 11 is 0. The van der Waals surface area contributed by atoms with Crippen molar-refractivity contribution in [3.05, 3.63) is 34.9 Å². The average Bonchev–Trinajstić information content (AvgIpc) is 2.48. The highest BCUT2D eigenvalue weighted by Gasteiger charge is 2.49. The van der Waals surface area contributed by atoms with Crippen LogP contribution in [0.2, 0.25) is 0 Å². The van der Waals surface area contributed by atoms with E-state index in [2.05, 4.69) is 25.2 Å². The van der Waals surface area contributed by atoms with Gasteiger partial charge in [-0.05, 0) is 73.6 Å². The molecule has 1 saturated carbocycles. The zero-order valence-corrected chi connectivity index (χ0v) is 15.2. The van der Waals surface area contributed by atoms with E-state index >= 15 is 0 Å². The molecule has 24 heavy (non-hydrogen) atoms. The molecule has 1 unspecified atom stereocenters. The lowest BCUT2D eigenvalue weighted by molar-refractivity contribution is 0.0485. The van der Waals surface area contributed by atoms with Gasteiger partial charge in [0.2, 0.25) is 5.91 Å². The van der Waals surface area contributed by atoms with Crippen LogP contribution in [0, 0.1) is 11.8 Å². The Morgan fingerprint density at radius 2 is 2.17 bits per heavy atom. The maximum absolute atomic E-state index is 11.6. The SMILES string of the molecule is C[C@H]1[C@H]2Cc3ccc(C(N)=O)cc3[C@]1(C)CCC2NCC(C)(C)O. The Hall–Kier alpha value is -1.39. The second kappa shape index (κ2) is 5.85. The number of benzene rings is 1. The molecule has 3 rings (SSSR count). The van der Waals surface area contributed by atoms with Crippen LogP contribution in [-0.4, -0.2) is 29.2 Å². The number of primary amides is 1. The van der Waals surface area contributed by atoms with E-state index in [-0.39, 0.29) is 11.3 Å². The first-order valence-corrected chi connectivity index (χ1v) is 9.01. The summed E-state index contributed by atoms with van der Waals surface area (Å²) in [5.74, 6) is 0.732. The average molecular weight is 330 g/mol. The minimum atomic E-state index is -0.688. The number of nitrogens with one attached hydrogen (secondary N) is 1. The summed E-state index contributed by atoms with van der Waals surface area (Å²) in [6.45, 7) is 8.98. The summed E-state index contributed by atoms with van der Waals surface area (Å²) in [4.78, 5) is 11.6. The molecule has 1 aromatic rings. The number of rotatable bonds is 4. The van der Waals surface area contributed by atoms with E-state index in [1.54, 1.807) is 0 Å². The van der Waals surface area contributed by atoms with E-state index in [1.165, 1.54) is 11.1 Å². The van der Waals surface area contributed by atoms with Crippen molar-refractivity contribution >= 4 is 5.91 Å². The highest BCUT2D eigenvalue weighted by atomic mass is 16.3. The van der Waals surface area contributed by atoms with Crippen molar-refractivity contribution in [3.63, 3.8) is 0 Å². The predicted molar refractivity (Wildman–Crippen MR) is 96.0 cm³/mol. The van der Waals surface area contributed by atoms with Crippen LogP contribution in [-0.2, 0) is 11.8 Å². The monoisotopic (exact) mass is 330 g/mol. The molecule has 2 bridgehead atoms. The van der Waals surface area contributed by atoms with E-state index in [9.17, 15) is 9.90 Å². The number of fused-ring (bicyclic) bond motifs is 4. The Morgan fingerprint density at radius 3 is 2.79 bits per heavy atom. The van der Waals surface area contributed by atoms with Crippen molar-refractivity contribution in [1.82, 2.24) is 5.32 Å². The van der Waals surface area contributed by atoms with E-state index in [0.29, 0.717) is 30.0 Å². The molecule has 0 aromatic heterocycles. The number of hydrogen-bond acceptors (Lipinski definition) is 3. The van der Waals surface area contributed by atoms with Gasteiger partial charge in [0, 0.05) is 18.2 Å². The number of hydrogen-bond donors (Lipinski definition) is 3. The summed E-state index contributed by atoms with van der Waals surface area (Å²) in [6.07, 6.45) is 3.21. The fourth-order valence-corrected chi connectivity index (χ4v) is 4.74. The smallest absolute Gasteiger partial charge is 0.248 e. The molecule has 0 aliphatic heterocycles. The van der Waals surface area contributed by atoms with E-state index < -0.39 is 5.60 Å². The Kier molecular flexibility index (Phi) is 4.25. The maximum atomic E-state index is 11.6. The molecule has 4 heteroatoms. The topological polar surface area (TPSA) is 75.4 Å². The van der Waals surface area contributed by atoms with E-state index in [4.69, 9.17) is 5.73 Å². The zero-order chi connectivity index (χ0) is 17.7. The van der Waals surface area contributed by atoms with Crippen molar-refractivity contribution in [2.45, 2.75) is 64.0 Å². The fourth-order valence-electron chi connectivity index (χ4n) is 4.74. The molecule has 4 nitrogen and oxygen atoms in total. The summed E-state index contributed by atoms with van der Waals surface area (Å²) < 4.78 is 0. The van der Waals surface area contributed by atoms with Gasteiger partial charge in [0.15, 0.2) is 0 Å². The minimum Gasteiger partial charge on any atom is -0.389 e. The summed E-state index contributed by atoms with van der Waals surface area (Å²) in [7, 11) is 0. The largest absolute Gasteiger partial charge is 0.389 e. The molecule has 0 spiro atoms. The van der Waals surface area contributed by atoms with Gasteiger partial charge in [0.05, 0.1) is 5.60 Å². The lowest BCUT2D eigenvalue weighted by Gasteiger charge is -2.53. The number of amides is 1. The van der Waals surface area contributed by atoms with Gasteiger partial charge in [0.1, 0.15) is 0 Å². The quantitative estimate of drug-likeness (QED) is 0.793. The first-order chi connectivity index (χ1) is 11.1. The Balaban J connectivity index is 1.90. The molecule has 0 saturated heterocycles. The third-order valence-electron chi connectivity index (χ3n) is 6.40. The molecule has 4 N–H and O–H groups in total. The highest BCUT2D eigenvalue weighted by Crippen LogP contribution is 2.52. The van der Waals surface area contributed by atoms with Crippen molar-refractivity contribution in [2.24, 2.45) is 17.6 Å². The first kappa shape index (κ1) is 17.4. The molecule has 1 amide bonds. The van der Waals surface area contributed by atoms with Gasteiger partial charge >= 0.3 is 0 Å². The van der Waals surface area contributed by atoms with Crippen LogP contribution >= 0.6 is 0 Å². The van der Waals surface area contributed by atoms with Crippen molar-refractivity contribution < 1.29 is 9.90 Å². The van der Waals surface area contributed by atoms with Gasteiger partial charge in [-0.3, -0.25) is 4.79 Å². The second-order valence-electron chi connectivity index (χ2n) is 8.65. The van der Waals surface area contributed by atoms with Crippen molar-refractivity contribution in [1.29, 1.82) is 0 Å². The summed E-state index contributed by atoms with van der Waals surface area (Å²) in [5, 5.41) is 13.6. The van der Waals surface area contributed by atoms with Gasteiger partial charge in [-0.2, -0.15) is 0 Å². The third kappa shape index (κ3) is 2.98. The van der Waals surface area contributed by atoms with Gasteiger partial charge in [-0.15, -0.1) is 0 Å². The van der Waals surface area contributed by atoms with Gasteiger partial charge in [0.25, 0.3) is 0 Å². The molecule has 1 aromatic carbocycles. The molecular formula is C20H30N2O2. The van der Waals surface area contributed by atoms with Crippen LogP contribution in [0.15, 0.2) is 18.2 Å². The number of nitrogens with two attached hydrogens (primary N) is 1. The molecule has 0 radical (unpaired) electrons. The normalized spacial score (nSPS) is 32.3. The van der Waals surface area contributed by atoms with Crippen molar-refractivity contribution in [2.75, 3.05) is 6.54 Å². The zero-order valence-electron chi connectivity index (χ0n) is 15.2. The Labute approximate surface area is 144 Å². The number of carbonyl (C=O) groups is 1. The molecule has 4 atom stereocenters. The lowest BCUT2D eigenvalue weighted by atomic mass is 9.53. The van der Waals surface area contributed by atoms with Crippen LogP contribution in [0.1, 0.15) is 62.0 Å². The van der Waals surface area contributed by atoms with Gasteiger partial charge < -0.3 is 16.2 Å².